The minimum Gasteiger partial charge on any atom is -0.495 e. The Kier molecular flexibility index (Phi) is 4.60. The number of carbonyl (C=O) groups excluding carboxylic acids is 1. The summed E-state index contributed by atoms with van der Waals surface area (Å²) in [5.41, 5.74) is 4.60. The standard InChI is InChI=1S/C19H25BrN2O3/c1-18(2)12-6-7-19(18,3)15(10-12)21-22-17(23)11-8-13(24-4)16(20)14(9-11)25-5/h8-9,12H,6-7,10H2,1-5H3,(H,22,23)/b21-15-/t12-,19+/m0/s1. The highest BCUT2D eigenvalue weighted by atomic mass is 79.9. The fourth-order valence-electron chi connectivity index (χ4n) is 4.28. The number of halogens is 1. The molecule has 0 radical (unpaired) electrons. The maximum atomic E-state index is 12.6. The lowest BCUT2D eigenvalue weighted by atomic mass is 9.70. The number of benzene rings is 1. The molecular weight excluding hydrogens is 384 g/mol. The molecular formula is C19H25BrN2O3. The number of methoxy groups -OCH3 is 2. The highest BCUT2D eigenvalue weighted by Gasteiger charge is 2.60. The third-order valence-electron chi connectivity index (χ3n) is 6.51. The Bertz CT molecular complexity index is 719. The van der Waals surface area contributed by atoms with E-state index in [1.54, 1.807) is 26.4 Å². The van der Waals surface area contributed by atoms with Crippen molar-refractivity contribution in [2.24, 2.45) is 21.8 Å². The van der Waals surface area contributed by atoms with Crippen molar-refractivity contribution in [2.75, 3.05) is 14.2 Å². The Morgan fingerprint density at radius 3 is 2.28 bits per heavy atom. The van der Waals surface area contributed by atoms with Crippen molar-refractivity contribution in [3.63, 3.8) is 0 Å². The van der Waals surface area contributed by atoms with E-state index in [4.69, 9.17) is 9.47 Å². The molecule has 1 aromatic carbocycles. The van der Waals surface area contributed by atoms with Gasteiger partial charge in [-0.3, -0.25) is 4.79 Å². The van der Waals surface area contributed by atoms with Crippen molar-refractivity contribution in [1.29, 1.82) is 0 Å². The summed E-state index contributed by atoms with van der Waals surface area (Å²) >= 11 is 3.41. The number of carbonyl (C=O) groups is 1. The number of nitrogens with zero attached hydrogens (tertiary/aromatic N) is 1. The second-order valence-corrected chi connectivity index (χ2v) is 8.48. The van der Waals surface area contributed by atoms with Crippen LogP contribution in [-0.2, 0) is 0 Å². The van der Waals surface area contributed by atoms with Gasteiger partial charge in [-0.05, 0) is 58.7 Å². The van der Waals surface area contributed by atoms with Gasteiger partial charge in [-0.15, -0.1) is 0 Å². The average molecular weight is 409 g/mol. The number of nitrogens with one attached hydrogen (secondary N) is 1. The van der Waals surface area contributed by atoms with E-state index in [0.717, 1.165) is 18.6 Å². The van der Waals surface area contributed by atoms with Gasteiger partial charge < -0.3 is 9.47 Å². The van der Waals surface area contributed by atoms with Crippen LogP contribution in [-0.4, -0.2) is 25.8 Å². The molecule has 0 spiro atoms. The van der Waals surface area contributed by atoms with E-state index in [9.17, 15) is 4.79 Å². The zero-order valence-corrected chi connectivity index (χ0v) is 17.0. The largest absolute Gasteiger partial charge is 0.495 e. The number of hydrogen-bond donors (Lipinski definition) is 1. The first-order valence-corrected chi connectivity index (χ1v) is 9.33. The zero-order chi connectivity index (χ0) is 18.4. The van der Waals surface area contributed by atoms with Crippen LogP contribution in [0.2, 0.25) is 0 Å². The van der Waals surface area contributed by atoms with Crippen molar-refractivity contribution < 1.29 is 14.3 Å². The second kappa shape index (κ2) is 6.31. The van der Waals surface area contributed by atoms with Crippen LogP contribution in [0.25, 0.3) is 0 Å². The van der Waals surface area contributed by atoms with Crippen molar-refractivity contribution in [1.82, 2.24) is 5.43 Å². The van der Waals surface area contributed by atoms with Gasteiger partial charge in [0.15, 0.2) is 0 Å². The molecule has 2 saturated carbocycles. The molecule has 0 heterocycles. The maximum Gasteiger partial charge on any atom is 0.271 e. The van der Waals surface area contributed by atoms with Crippen molar-refractivity contribution >= 4 is 27.5 Å². The van der Waals surface area contributed by atoms with E-state index in [2.05, 4.69) is 47.2 Å². The molecule has 0 unspecified atom stereocenters. The van der Waals surface area contributed by atoms with E-state index in [-0.39, 0.29) is 16.7 Å². The van der Waals surface area contributed by atoms with Gasteiger partial charge in [-0.2, -0.15) is 5.10 Å². The van der Waals surface area contributed by atoms with Crippen LogP contribution in [0.3, 0.4) is 0 Å². The van der Waals surface area contributed by atoms with Gasteiger partial charge in [0.1, 0.15) is 16.0 Å². The summed E-state index contributed by atoms with van der Waals surface area (Å²) in [5.74, 6) is 1.48. The summed E-state index contributed by atoms with van der Waals surface area (Å²) in [7, 11) is 3.11. The van der Waals surface area contributed by atoms with Gasteiger partial charge in [0.05, 0.1) is 14.2 Å². The summed E-state index contributed by atoms with van der Waals surface area (Å²) in [6.45, 7) is 6.91. The van der Waals surface area contributed by atoms with Crippen LogP contribution >= 0.6 is 15.9 Å². The molecule has 6 heteroatoms. The lowest BCUT2D eigenvalue weighted by Crippen LogP contribution is -2.34. The molecule has 0 aromatic heterocycles. The first kappa shape index (κ1) is 18.2. The van der Waals surface area contributed by atoms with Gasteiger partial charge >= 0.3 is 0 Å². The fourth-order valence-corrected chi connectivity index (χ4v) is 4.83. The molecule has 1 aromatic rings. The van der Waals surface area contributed by atoms with Gasteiger partial charge in [0.2, 0.25) is 0 Å². The van der Waals surface area contributed by atoms with E-state index >= 15 is 0 Å². The SMILES string of the molecule is COc1cc(C(=O)N/N=C2/C[C@@H]3CC[C@@]2(C)C3(C)C)cc(OC)c1Br. The summed E-state index contributed by atoms with van der Waals surface area (Å²) < 4.78 is 11.3. The first-order valence-electron chi connectivity index (χ1n) is 8.53. The number of ether oxygens (including phenoxy) is 2. The molecule has 5 nitrogen and oxygen atoms in total. The number of amides is 1. The van der Waals surface area contributed by atoms with Crippen molar-refractivity contribution in [2.45, 2.75) is 40.0 Å². The van der Waals surface area contributed by atoms with Crippen LogP contribution in [0.5, 0.6) is 11.5 Å². The Balaban J connectivity index is 1.82. The molecule has 136 valence electrons. The van der Waals surface area contributed by atoms with Crippen LogP contribution in [0.15, 0.2) is 21.7 Å². The van der Waals surface area contributed by atoms with E-state index in [1.807, 2.05) is 0 Å². The molecule has 1 N–H and O–H groups in total. The molecule has 2 aliphatic rings. The lowest BCUT2D eigenvalue weighted by Gasteiger charge is -2.34. The third-order valence-corrected chi connectivity index (χ3v) is 7.29. The quantitative estimate of drug-likeness (QED) is 0.750. The van der Waals surface area contributed by atoms with Crippen LogP contribution in [0.4, 0.5) is 0 Å². The Morgan fingerprint density at radius 1 is 1.24 bits per heavy atom. The van der Waals surface area contributed by atoms with Crippen LogP contribution in [0, 0.1) is 16.7 Å². The monoisotopic (exact) mass is 408 g/mol. The minimum absolute atomic E-state index is 0.0695. The van der Waals surface area contributed by atoms with Gasteiger partial charge in [0.25, 0.3) is 5.91 Å². The smallest absolute Gasteiger partial charge is 0.271 e. The summed E-state index contributed by atoms with van der Waals surface area (Å²) in [6, 6.07) is 3.35. The molecule has 2 aliphatic carbocycles. The van der Waals surface area contributed by atoms with Gasteiger partial charge in [-0.25, -0.2) is 5.43 Å². The molecule has 2 bridgehead atoms. The summed E-state index contributed by atoms with van der Waals surface area (Å²) in [6.07, 6.45) is 3.35. The predicted molar refractivity (Wildman–Crippen MR) is 101 cm³/mol. The Hall–Kier alpha value is -1.56. The van der Waals surface area contributed by atoms with Gasteiger partial charge in [-0.1, -0.05) is 20.8 Å². The summed E-state index contributed by atoms with van der Waals surface area (Å²) in [4.78, 5) is 12.6. The van der Waals surface area contributed by atoms with Crippen molar-refractivity contribution in [3.05, 3.63) is 22.2 Å². The minimum atomic E-state index is -0.263. The Morgan fingerprint density at radius 2 is 1.84 bits per heavy atom. The molecule has 0 aliphatic heterocycles. The second-order valence-electron chi connectivity index (χ2n) is 7.69. The number of fused-ring (bicyclic) bond motifs is 2. The first-order chi connectivity index (χ1) is 11.7. The molecule has 25 heavy (non-hydrogen) atoms. The van der Waals surface area contributed by atoms with E-state index in [0.29, 0.717) is 27.5 Å². The normalized spacial score (nSPS) is 28.2. The lowest BCUT2D eigenvalue weighted by molar-refractivity contribution is 0.0953. The van der Waals surface area contributed by atoms with Gasteiger partial charge in [0, 0.05) is 16.7 Å². The van der Waals surface area contributed by atoms with Crippen molar-refractivity contribution in [3.8, 4) is 11.5 Å². The molecule has 3 rings (SSSR count). The number of hydrazone groups is 1. The maximum absolute atomic E-state index is 12.6. The summed E-state index contributed by atoms with van der Waals surface area (Å²) in [5, 5.41) is 4.51. The highest BCUT2D eigenvalue weighted by molar-refractivity contribution is 9.10. The molecule has 1 amide bonds. The average Bonchev–Trinajstić information content (AvgIpc) is 2.93. The van der Waals surface area contributed by atoms with Crippen LogP contribution < -0.4 is 14.9 Å². The van der Waals surface area contributed by atoms with E-state index in [1.165, 1.54) is 6.42 Å². The fraction of sp³-hybridized carbons (Fsp3) is 0.579. The number of hydrogen-bond acceptors (Lipinski definition) is 4. The zero-order valence-electron chi connectivity index (χ0n) is 15.4. The highest BCUT2D eigenvalue weighted by Crippen LogP contribution is 2.63. The molecule has 0 saturated heterocycles. The Labute approximate surface area is 157 Å². The topological polar surface area (TPSA) is 59.9 Å². The molecule has 2 fully saturated rings. The van der Waals surface area contributed by atoms with Crippen LogP contribution in [0.1, 0.15) is 50.4 Å². The number of rotatable bonds is 4. The predicted octanol–water partition coefficient (Wildman–Crippen LogP) is 4.40. The van der Waals surface area contributed by atoms with E-state index < -0.39 is 0 Å². The molecule has 2 atom stereocenters. The third kappa shape index (κ3) is 2.75.